The molecule has 3 aromatic carbocycles. The Morgan fingerprint density at radius 3 is 2.57 bits per heavy atom. The summed E-state index contributed by atoms with van der Waals surface area (Å²) in [5, 5.41) is 11.6. The van der Waals surface area contributed by atoms with Crippen molar-refractivity contribution in [3.05, 3.63) is 112 Å². The molecule has 37 heavy (non-hydrogen) atoms. The fraction of sp³-hybridized carbons (Fsp3) is 0.138. The molecule has 2 aromatic heterocycles. The van der Waals surface area contributed by atoms with Crippen molar-refractivity contribution < 1.29 is 4.79 Å². The van der Waals surface area contributed by atoms with Crippen molar-refractivity contribution in [3.63, 3.8) is 0 Å². The van der Waals surface area contributed by atoms with Gasteiger partial charge in [-0.1, -0.05) is 72.3 Å². The van der Waals surface area contributed by atoms with Gasteiger partial charge in [-0.2, -0.15) is 9.61 Å². The van der Waals surface area contributed by atoms with Gasteiger partial charge in [-0.25, -0.2) is 4.98 Å². The van der Waals surface area contributed by atoms with Crippen LogP contribution in [0.25, 0.3) is 16.9 Å². The average Bonchev–Trinajstić information content (AvgIpc) is 3.65. The van der Waals surface area contributed by atoms with Crippen LogP contribution < -0.4 is 10.6 Å². The minimum Gasteiger partial charge on any atom is -0.366 e. The maximum Gasteiger partial charge on any atom is 0.228 e. The summed E-state index contributed by atoms with van der Waals surface area (Å²) in [7, 11) is 0. The lowest BCUT2D eigenvalue weighted by Gasteiger charge is -2.12. The molecule has 2 unspecified atom stereocenters. The lowest BCUT2D eigenvalue weighted by Crippen LogP contribution is -2.14. The number of nitrogens with one attached hydrogen (secondary N) is 2. The molecule has 0 aliphatic heterocycles. The Bertz CT molecular complexity index is 1590. The molecule has 6 rings (SSSR count). The van der Waals surface area contributed by atoms with Gasteiger partial charge in [-0.3, -0.25) is 4.79 Å². The molecule has 5 aromatic rings. The summed E-state index contributed by atoms with van der Waals surface area (Å²) in [6, 6.07) is 27.7. The van der Waals surface area contributed by atoms with E-state index in [-0.39, 0.29) is 11.8 Å². The average molecular weight is 573 g/mol. The second kappa shape index (κ2) is 10.00. The zero-order chi connectivity index (χ0) is 25.4. The summed E-state index contributed by atoms with van der Waals surface area (Å²) in [6.07, 6.45) is 2.63. The highest BCUT2D eigenvalue weighted by atomic mass is 79.9. The zero-order valence-electron chi connectivity index (χ0n) is 19.7. The van der Waals surface area contributed by atoms with Crippen LogP contribution in [0.1, 0.15) is 23.5 Å². The van der Waals surface area contributed by atoms with E-state index in [1.807, 2.05) is 72.8 Å². The number of nitrogens with zero attached hydrogens (tertiary/aromatic N) is 3. The van der Waals surface area contributed by atoms with Gasteiger partial charge < -0.3 is 10.6 Å². The Labute approximate surface area is 227 Å². The number of benzene rings is 3. The molecular weight excluding hydrogens is 550 g/mol. The van der Waals surface area contributed by atoms with Gasteiger partial charge in [0, 0.05) is 34.8 Å². The molecule has 2 atom stereocenters. The monoisotopic (exact) mass is 571 g/mol. The number of fused-ring (bicyclic) bond motifs is 1. The highest BCUT2D eigenvalue weighted by Gasteiger charge is 2.43. The van der Waals surface area contributed by atoms with Gasteiger partial charge in [0.1, 0.15) is 5.82 Å². The summed E-state index contributed by atoms with van der Waals surface area (Å²) in [6.45, 7) is 0.575. The van der Waals surface area contributed by atoms with Crippen molar-refractivity contribution in [2.45, 2.75) is 18.9 Å². The first-order valence-corrected chi connectivity index (χ1v) is 13.2. The van der Waals surface area contributed by atoms with Gasteiger partial charge >= 0.3 is 0 Å². The van der Waals surface area contributed by atoms with Crippen LogP contribution in [0.5, 0.6) is 0 Å². The molecule has 1 fully saturated rings. The number of carbonyl (C=O) groups is 1. The smallest absolute Gasteiger partial charge is 0.228 e. The van der Waals surface area contributed by atoms with Crippen molar-refractivity contribution in [1.29, 1.82) is 0 Å². The second-order valence-electron chi connectivity index (χ2n) is 9.13. The fourth-order valence-corrected chi connectivity index (χ4v) is 5.14. The Kier molecular flexibility index (Phi) is 6.40. The molecule has 0 saturated heterocycles. The number of halogens is 2. The van der Waals surface area contributed by atoms with E-state index in [0.717, 1.165) is 39.2 Å². The first kappa shape index (κ1) is 23.7. The normalized spacial score (nSPS) is 16.5. The van der Waals surface area contributed by atoms with Crippen molar-refractivity contribution in [2.75, 3.05) is 10.6 Å². The predicted molar refractivity (Wildman–Crippen MR) is 151 cm³/mol. The third-order valence-corrected chi connectivity index (χ3v) is 7.52. The zero-order valence-corrected chi connectivity index (χ0v) is 22.1. The minimum absolute atomic E-state index is 0.0403. The Hall–Kier alpha value is -3.68. The first-order valence-electron chi connectivity index (χ1n) is 12.0. The number of carbonyl (C=O) groups excluding carboxylic acids is 1. The molecule has 2 heterocycles. The highest BCUT2D eigenvalue weighted by Crippen LogP contribution is 2.47. The van der Waals surface area contributed by atoms with Crippen molar-refractivity contribution in [3.8, 4) is 11.3 Å². The summed E-state index contributed by atoms with van der Waals surface area (Å²) in [5.74, 6) is 1.23. The molecule has 0 bridgehead atoms. The molecule has 1 saturated carbocycles. The van der Waals surface area contributed by atoms with Crippen LogP contribution in [0.4, 0.5) is 11.5 Å². The van der Waals surface area contributed by atoms with Crippen LogP contribution in [0.3, 0.4) is 0 Å². The molecule has 2 N–H and O–H groups in total. The van der Waals surface area contributed by atoms with Gasteiger partial charge in [0.25, 0.3) is 0 Å². The maximum atomic E-state index is 12.7. The van der Waals surface area contributed by atoms with E-state index in [1.54, 1.807) is 10.7 Å². The van der Waals surface area contributed by atoms with E-state index in [2.05, 4.69) is 43.8 Å². The SMILES string of the molecule is O=C(Nc1ccc(CNc2cc(-c3ccccc3Cl)nc3c(Br)cnn23)cc1)C1CC1c1ccccc1. The van der Waals surface area contributed by atoms with Gasteiger partial charge in [0.15, 0.2) is 5.65 Å². The van der Waals surface area contributed by atoms with Crippen molar-refractivity contribution in [1.82, 2.24) is 14.6 Å². The number of hydrogen-bond donors (Lipinski definition) is 2. The van der Waals surface area contributed by atoms with Gasteiger partial charge in [-0.15, -0.1) is 0 Å². The molecular formula is C29H23BrClN5O. The quantitative estimate of drug-likeness (QED) is 0.217. The minimum atomic E-state index is 0.0403. The molecule has 6 nitrogen and oxygen atoms in total. The topological polar surface area (TPSA) is 71.3 Å². The predicted octanol–water partition coefficient (Wildman–Crippen LogP) is 7.17. The summed E-state index contributed by atoms with van der Waals surface area (Å²) < 4.78 is 2.56. The van der Waals surface area contributed by atoms with E-state index in [1.165, 1.54) is 5.56 Å². The second-order valence-corrected chi connectivity index (χ2v) is 10.4. The largest absolute Gasteiger partial charge is 0.366 e. The van der Waals surface area contributed by atoms with Crippen molar-refractivity contribution >= 4 is 50.6 Å². The van der Waals surface area contributed by atoms with Crippen LogP contribution in [-0.2, 0) is 11.3 Å². The van der Waals surface area contributed by atoms with E-state index in [4.69, 9.17) is 16.6 Å². The van der Waals surface area contributed by atoms with Gasteiger partial charge in [0.2, 0.25) is 5.91 Å². The van der Waals surface area contributed by atoms with Gasteiger partial charge in [-0.05, 0) is 57.6 Å². The van der Waals surface area contributed by atoms with Crippen LogP contribution >= 0.6 is 27.5 Å². The summed E-state index contributed by atoms with van der Waals surface area (Å²) in [5.41, 5.74) is 5.42. The molecule has 1 aliphatic rings. The van der Waals surface area contributed by atoms with Crippen LogP contribution in [0.15, 0.2) is 95.6 Å². The van der Waals surface area contributed by atoms with E-state index < -0.39 is 0 Å². The molecule has 0 radical (unpaired) electrons. The number of amides is 1. The third kappa shape index (κ3) is 4.97. The number of anilines is 2. The molecule has 8 heteroatoms. The standard InChI is InChI=1S/C29H23BrClN5O/c30-24-17-33-36-27(15-26(35-28(24)36)21-8-4-5-9-25(21)31)32-16-18-10-12-20(13-11-18)34-29(37)23-14-22(23)19-6-2-1-3-7-19/h1-13,15,17,22-23,32H,14,16H2,(H,34,37). The highest BCUT2D eigenvalue weighted by molar-refractivity contribution is 9.10. The lowest BCUT2D eigenvalue weighted by atomic mass is 10.1. The number of aromatic nitrogens is 3. The summed E-state index contributed by atoms with van der Waals surface area (Å²) >= 11 is 9.98. The van der Waals surface area contributed by atoms with Crippen LogP contribution in [0.2, 0.25) is 5.02 Å². The molecule has 0 spiro atoms. The summed E-state index contributed by atoms with van der Waals surface area (Å²) in [4.78, 5) is 17.5. The molecule has 1 amide bonds. The third-order valence-electron chi connectivity index (χ3n) is 6.63. The molecule has 1 aliphatic carbocycles. The maximum absolute atomic E-state index is 12.7. The fourth-order valence-electron chi connectivity index (χ4n) is 4.56. The Morgan fingerprint density at radius 1 is 1.03 bits per heavy atom. The number of rotatable bonds is 7. The van der Waals surface area contributed by atoms with Gasteiger partial charge in [0.05, 0.1) is 16.4 Å². The lowest BCUT2D eigenvalue weighted by molar-refractivity contribution is -0.117. The van der Waals surface area contributed by atoms with Crippen LogP contribution in [-0.4, -0.2) is 20.5 Å². The van der Waals surface area contributed by atoms with E-state index >= 15 is 0 Å². The van der Waals surface area contributed by atoms with Crippen molar-refractivity contribution in [2.24, 2.45) is 5.92 Å². The molecule has 184 valence electrons. The Balaban J connectivity index is 1.14. The van der Waals surface area contributed by atoms with E-state index in [0.29, 0.717) is 23.1 Å². The van der Waals surface area contributed by atoms with E-state index in [9.17, 15) is 4.79 Å². The first-order chi connectivity index (χ1) is 18.1. The number of hydrogen-bond acceptors (Lipinski definition) is 4. The van der Waals surface area contributed by atoms with Crippen LogP contribution in [0, 0.1) is 5.92 Å². The Morgan fingerprint density at radius 2 is 1.78 bits per heavy atom.